The summed E-state index contributed by atoms with van der Waals surface area (Å²) in [4.78, 5) is 14.6. The van der Waals surface area contributed by atoms with Gasteiger partial charge in [0, 0.05) is 31.7 Å². The van der Waals surface area contributed by atoms with Gasteiger partial charge < -0.3 is 14.4 Å². The second kappa shape index (κ2) is 9.24. The molecule has 162 valence electrons. The Labute approximate surface area is 182 Å². The number of carbonyl (C=O) groups excluding carboxylic acids is 1. The third kappa shape index (κ3) is 4.55. The maximum atomic E-state index is 13.0. The summed E-state index contributed by atoms with van der Waals surface area (Å²) in [7, 11) is 1.11. The van der Waals surface area contributed by atoms with Crippen LogP contribution < -0.4 is 14.4 Å². The molecule has 1 aliphatic rings. The van der Waals surface area contributed by atoms with Gasteiger partial charge in [0.05, 0.1) is 24.1 Å². The molecule has 0 aliphatic carbocycles. The number of ether oxygens (including phenoxy) is 2. The van der Waals surface area contributed by atoms with Crippen LogP contribution in [0, 0.1) is 5.92 Å². The SMILES string of the molecule is COc1ccc(N(C)C(=O)C2CCN(S(=O)(=O)c3ccc(OC)c(Cl)c3)CC2)cc1. The van der Waals surface area contributed by atoms with E-state index >= 15 is 0 Å². The number of amides is 1. The highest BCUT2D eigenvalue weighted by atomic mass is 35.5. The summed E-state index contributed by atoms with van der Waals surface area (Å²) in [6.45, 7) is 0.553. The lowest BCUT2D eigenvalue weighted by Gasteiger charge is -2.32. The zero-order valence-corrected chi connectivity index (χ0v) is 18.7. The van der Waals surface area contributed by atoms with Crippen LogP contribution in [0.1, 0.15) is 12.8 Å². The molecule has 0 unspecified atom stereocenters. The molecule has 3 rings (SSSR count). The molecule has 9 heteroatoms. The van der Waals surface area contributed by atoms with Gasteiger partial charge in [-0.2, -0.15) is 4.31 Å². The van der Waals surface area contributed by atoms with E-state index < -0.39 is 10.0 Å². The summed E-state index contributed by atoms with van der Waals surface area (Å²) in [5.74, 6) is 0.881. The molecule has 0 bridgehead atoms. The average molecular weight is 453 g/mol. The fourth-order valence-electron chi connectivity index (χ4n) is 3.51. The Morgan fingerprint density at radius 3 is 2.23 bits per heavy atom. The first-order chi connectivity index (χ1) is 14.3. The van der Waals surface area contributed by atoms with E-state index in [1.54, 1.807) is 31.2 Å². The van der Waals surface area contributed by atoms with Crippen LogP contribution in [0.25, 0.3) is 0 Å². The van der Waals surface area contributed by atoms with Crippen molar-refractivity contribution < 1.29 is 22.7 Å². The van der Waals surface area contributed by atoms with Crippen molar-refractivity contribution >= 4 is 33.2 Å². The number of hydrogen-bond donors (Lipinski definition) is 0. The van der Waals surface area contributed by atoms with Crippen molar-refractivity contribution in [2.75, 3.05) is 39.3 Å². The maximum absolute atomic E-state index is 13.0. The van der Waals surface area contributed by atoms with E-state index in [9.17, 15) is 13.2 Å². The summed E-state index contributed by atoms with van der Waals surface area (Å²) in [6.07, 6.45) is 0.922. The number of sulfonamides is 1. The summed E-state index contributed by atoms with van der Waals surface area (Å²) in [5, 5.41) is 0.241. The van der Waals surface area contributed by atoms with Crippen LogP contribution in [0.5, 0.6) is 11.5 Å². The third-order valence-corrected chi connectivity index (χ3v) is 7.54. The number of rotatable bonds is 6. The van der Waals surface area contributed by atoms with Crippen LogP contribution in [-0.2, 0) is 14.8 Å². The number of carbonyl (C=O) groups is 1. The van der Waals surface area contributed by atoms with Crippen LogP contribution in [0.2, 0.25) is 5.02 Å². The molecule has 0 radical (unpaired) electrons. The number of anilines is 1. The maximum Gasteiger partial charge on any atom is 0.243 e. The molecule has 1 amide bonds. The highest BCUT2D eigenvalue weighted by molar-refractivity contribution is 7.89. The first-order valence-electron chi connectivity index (χ1n) is 9.53. The minimum atomic E-state index is -3.68. The van der Waals surface area contributed by atoms with E-state index in [0.29, 0.717) is 18.6 Å². The molecule has 0 aromatic heterocycles. The van der Waals surface area contributed by atoms with Crippen molar-refractivity contribution in [3.05, 3.63) is 47.5 Å². The van der Waals surface area contributed by atoms with E-state index in [-0.39, 0.29) is 34.8 Å². The Balaban J connectivity index is 1.65. The molecule has 30 heavy (non-hydrogen) atoms. The minimum absolute atomic E-state index is 0.0234. The first kappa shape index (κ1) is 22.4. The molecule has 0 saturated carbocycles. The Hall–Kier alpha value is -2.29. The Morgan fingerprint density at radius 2 is 1.70 bits per heavy atom. The Bertz CT molecular complexity index is 1000. The van der Waals surface area contributed by atoms with Crippen LogP contribution in [0.3, 0.4) is 0 Å². The van der Waals surface area contributed by atoms with Crippen LogP contribution >= 0.6 is 11.6 Å². The molecule has 1 heterocycles. The quantitative estimate of drug-likeness (QED) is 0.671. The molecular weight excluding hydrogens is 428 g/mol. The predicted molar refractivity (Wildman–Crippen MR) is 116 cm³/mol. The molecule has 0 N–H and O–H groups in total. The zero-order chi connectivity index (χ0) is 21.9. The predicted octanol–water partition coefficient (Wildman–Crippen LogP) is 3.42. The molecule has 7 nitrogen and oxygen atoms in total. The van der Waals surface area contributed by atoms with Gasteiger partial charge in [-0.05, 0) is 55.3 Å². The summed E-state index contributed by atoms with van der Waals surface area (Å²) in [6, 6.07) is 11.7. The van der Waals surface area contributed by atoms with Gasteiger partial charge in [0.15, 0.2) is 0 Å². The molecular formula is C21H25ClN2O5S. The largest absolute Gasteiger partial charge is 0.497 e. The lowest BCUT2D eigenvalue weighted by Crippen LogP contribution is -2.43. The number of halogens is 1. The molecule has 0 spiro atoms. The van der Waals surface area contributed by atoms with E-state index in [1.165, 1.54) is 29.6 Å². The van der Waals surface area contributed by atoms with Crippen molar-refractivity contribution in [2.45, 2.75) is 17.7 Å². The number of methoxy groups -OCH3 is 2. The number of benzene rings is 2. The minimum Gasteiger partial charge on any atom is -0.497 e. The van der Waals surface area contributed by atoms with Gasteiger partial charge >= 0.3 is 0 Å². The number of hydrogen-bond acceptors (Lipinski definition) is 5. The third-order valence-electron chi connectivity index (χ3n) is 5.35. The summed E-state index contributed by atoms with van der Waals surface area (Å²) in [5.41, 5.74) is 0.767. The lowest BCUT2D eigenvalue weighted by molar-refractivity contribution is -0.123. The number of piperidine rings is 1. The van der Waals surface area contributed by atoms with Gasteiger partial charge in [-0.25, -0.2) is 8.42 Å². The zero-order valence-electron chi connectivity index (χ0n) is 17.2. The smallest absolute Gasteiger partial charge is 0.243 e. The van der Waals surface area contributed by atoms with E-state index in [2.05, 4.69) is 0 Å². The van der Waals surface area contributed by atoms with Gasteiger partial charge in [-0.1, -0.05) is 11.6 Å². The summed E-state index contributed by atoms with van der Waals surface area (Å²) < 4.78 is 37.5. The Morgan fingerprint density at radius 1 is 1.07 bits per heavy atom. The van der Waals surface area contributed by atoms with Crippen LogP contribution in [0.4, 0.5) is 5.69 Å². The van der Waals surface area contributed by atoms with E-state index in [0.717, 1.165) is 11.4 Å². The van der Waals surface area contributed by atoms with Crippen molar-refractivity contribution in [1.29, 1.82) is 0 Å². The lowest BCUT2D eigenvalue weighted by atomic mass is 9.96. The standard InChI is InChI=1S/C21H25ClN2O5S/c1-23(16-4-6-17(28-2)7-5-16)21(25)15-10-12-24(13-11-15)30(26,27)18-8-9-20(29-3)19(22)14-18/h4-9,14-15H,10-13H2,1-3H3. The fourth-order valence-corrected chi connectivity index (χ4v) is 5.33. The topological polar surface area (TPSA) is 76.2 Å². The second-order valence-electron chi connectivity index (χ2n) is 7.07. The monoisotopic (exact) mass is 452 g/mol. The fraction of sp³-hybridized carbons (Fsp3) is 0.381. The van der Waals surface area contributed by atoms with Crippen molar-refractivity contribution in [1.82, 2.24) is 4.31 Å². The van der Waals surface area contributed by atoms with Gasteiger partial charge in [-0.3, -0.25) is 4.79 Å². The van der Waals surface area contributed by atoms with Gasteiger partial charge in [0.25, 0.3) is 0 Å². The highest BCUT2D eigenvalue weighted by Crippen LogP contribution is 2.31. The number of nitrogens with zero attached hydrogens (tertiary/aromatic N) is 2. The van der Waals surface area contributed by atoms with Gasteiger partial charge in [-0.15, -0.1) is 0 Å². The average Bonchev–Trinajstić information content (AvgIpc) is 2.78. The van der Waals surface area contributed by atoms with E-state index in [4.69, 9.17) is 21.1 Å². The molecule has 1 saturated heterocycles. The van der Waals surface area contributed by atoms with Crippen LogP contribution in [0.15, 0.2) is 47.4 Å². The normalized spacial score (nSPS) is 15.6. The first-order valence-corrected chi connectivity index (χ1v) is 11.3. The van der Waals surface area contributed by atoms with E-state index in [1.807, 2.05) is 12.1 Å². The van der Waals surface area contributed by atoms with Crippen LogP contribution in [-0.4, -0.2) is 53.0 Å². The Kier molecular flexibility index (Phi) is 6.90. The van der Waals surface area contributed by atoms with Gasteiger partial charge in [0.1, 0.15) is 11.5 Å². The highest BCUT2D eigenvalue weighted by Gasteiger charge is 2.33. The molecule has 2 aromatic rings. The van der Waals surface area contributed by atoms with Crippen molar-refractivity contribution in [3.8, 4) is 11.5 Å². The molecule has 1 fully saturated rings. The summed E-state index contributed by atoms with van der Waals surface area (Å²) >= 11 is 6.09. The van der Waals surface area contributed by atoms with Crippen molar-refractivity contribution in [2.24, 2.45) is 5.92 Å². The molecule has 0 atom stereocenters. The molecule has 1 aliphatic heterocycles. The van der Waals surface area contributed by atoms with Gasteiger partial charge in [0.2, 0.25) is 15.9 Å². The second-order valence-corrected chi connectivity index (χ2v) is 9.42. The molecule has 2 aromatic carbocycles. The van der Waals surface area contributed by atoms with Crippen molar-refractivity contribution in [3.63, 3.8) is 0 Å².